The van der Waals surface area contributed by atoms with Crippen LogP contribution >= 0.6 is 0 Å². The quantitative estimate of drug-likeness (QED) is 0.808. The van der Waals surface area contributed by atoms with Gasteiger partial charge in [0.2, 0.25) is 0 Å². The van der Waals surface area contributed by atoms with Crippen LogP contribution in [0.15, 0.2) is 24.3 Å². The molecule has 1 aromatic carbocycles. The molecule has 0 fully saturated rings. The molecule has 0 aliphatic carbocycles. The van der Waals surface area contributed by atoms with Gasteiger partial charge in [-0.3, -0.25) is 0 Å². The highest BCUT2D eigenvalue weighted by Crippen LogP contribution is 2.21. The molecule has 1 N–H and O–H groups in total. The van der Waals surface area contributed by atoms with E-state index in [9.17, 15) is 4.39 Å². The SMILES string of the molecule is CCOC(C)C(NC)c1ccccc1F. The van der Waals surface area contributed by atoms with Gasteiger partial charge < -0.3 is 10.1 Å². The molecular formula is C12H18FNO. The molecule has 84 valence electrons. The number of rotatable bonds is 5. The van der Waals surface area contributed by atoms with Crippen molar-refractivity contribution in [2.75, 3.05) is 13.7 Å². The summed E-state index contributed by atoms with van der Waals surface area (Å²) < 4.78 is 19.0. The smallest absolute Gasteiger partial charge is 0.128 e. The third-order valence-corrected chi connectivity index (χ3v) is 2.45. The molecule has 0 bridgehead atoms. The predicted octanol–water partition coefficient (Wildman–Crippen LogP) is 2.51. The predicted molar refractivity (Wildman–Crippen MR) is 59.3 cm³/mol. The normalized spacial score (nSPS) is 14.9. The van der Waals surface area contributed by atoms with Crippen LogP contribution < -0.4 is 5.32 Å². The third-order valence-electron chi connectivity index (χ3n) is 2.45. The van der Waals surface area contributed by atoms with E-state index in [4.69, 9.17) is 4.74 Å². The molecule has 0 aliphatic heterocycles. The largest absolute Gasteiger partial charge is 0.377 e. The lowest BCUT2D eigenvalue weighted by molar-refractivity contribution is 0.0484. The topological polar surface area (TPSA) is 21.3 Å². The molecular weight excluding hydrogens is 193 g/mol. The van der Waals surface area contributed by atoms with Crippen molar-refractivity contribution in [1.82, 2.24) is 5.32 Å². The molecule has 0 radical (unpaired) electrons. The summed E-state index contributed by atoms with van der Waals surface area (Å²) in [4.78, 5) is 0. The van der Waals surface area contributed by atoms with Gasteiger partial charge in [-0.25, -0.2) is 4.39 Å². The van der Waals surface area contributed by atoms with Crippen molar-refractivity contribution in [1.29, 1.82) is 0 Å². The second-order valence-electron chi connectivity index (χ2n) is 3.45. The van der Waals surface area contributed by atoms with E-state index in [1.54, 1.807) is 12.1 Å². The summed E-state index contributed by atoms with van der Waals surface area (Å²) in [5, 5.41) is 3.08. The lowest BCUT2D eigenvalue weighted by Gasteiger charge is -2.24. The van der Waals surface area contributed by atoms with Gasteiger partial charge in [-0.15, -0.1) is 0 Å². The second-order valence-corrected chi connectivity index (χ2v) is 3.45. The van der Waals surface area contributed by atoms with Crippen molar-refractivity contribution < 1.29 is 9.13 Å². The summed E-state index contributed by atoms with van der Waals surface area (Å²) in [5.41, 5.74) is 0.654. The highest BCUT2D eigenvalue weighted by Gasteiger charge is 2.20. The Labute approximate surface area is 90.4 Å². The fourth-order valence-corrected chi connectivity index (χ4v) is 1.73. The summed E-state index contributed by atoms with van der Waals surface area (Å²) in [7, 11) is 1.81. The van der Waals surface area contributed by atoms with E-state index in [1.165, 1.54) is 6.07 Å². The number of ether oxygens (including phenoxy) is 1. The molecule has 15 heavy (non-hydrogen) atoms. The minimum Gasteiger partial charge on any atom is -0.377 e. The Kier molecular flexibility index (Phi) is 4.72. The maximum atomic E-state index is 13.5. The first-order valence-electron chi connectivity index (χ1n) is 5.24. The summed E-state index contributed by atoms with van der Waals surface area (Å²) in [6, 6.07) is 6.68. The van der Waals surface area contributed by atoms with Crippen molar-refractivity contribution in [2.45, 2.75) is 26.0 Å². The summed E-state index contributed by atoms with van der Waals surface area (Å²) >= 11 is 0. The van der Waals surface area contributed by atoms with Crippen LogP contribution in [0.5, 0.6) is 0 Å². The maximum Gasteiger partial charge on any atom is 0.128 e. The first kappa shape index (κ1) is 12.1. The average Bonchev–Trinajstić information content (AvgIpc) is 2.22. The Morgan fingerprint density at radius 2 is 2.07 bits per heavy atom. The lowest BCUT2D eigenvalue weighted by Crippen LogP contribution is -2.30. The minimum absolute atomic E-state index is 0.0445. The zero-order valence-electron chi connectivity index (χ0n) is 9.46. The van der Waals surface area contributed by atoms with Crippen LogP contribution in [0, 0.1) is 5.82 Å². The van der Waals surface area contributed by atoms with Gasteiger partial charge in [0.1, 0.15) is 5.82 Å². The average molecular weight is 211 g/mol. The van der Waals surface area contributed by atoms with E-state index < -0.39 is 0 Å². The van der Waals surface area contributed by atoms with Gasteiger partial charge in [0, 0.05) is 12.2 Å². The zero-order chi connectivity index (χ0) is 11.3. The van der Waals surface area contributed by atoms with Gasteiger partial charge in [-0.2, -0.15) is 0 Å². The number of hydrogen-bond donors (Lipinski definition) is 1. The van der Waals surface area contributed by atoms with Crippen molar-refractivity contribution in [2.24, 2.45) is 0 Å². The van der Waals surface area contributed by atoms with Gasteiger partial charge >= 0.3 is 0 Å². The van der Waals surface area contributed by atoms with Crippen LogP contribution in [0.4, 0.5) is 4.39 Å². The molecule has 0 aromatic heterocycles. The van der Waals surface area contributed by atoms with Crippen molar-refractivity contribution in [3.05, 3.63) is 35.6 Å². The Bertz CT molecular complexity index is 303. The minimum atomic E-state index is -0.191. The molecule has 3 heteroatoms. The van der Waals surface area contributed by atoms with Crippen LogP contribution in [0.2, 0.25) is 0 Å². The van der Waals surface area contributed by atoms with E-state index in [0.717, 1.165) is 0 Å². The number of hydrogen-bond acceptors (Lipinski definition) is 2. The van der Waals surface area contributed by atoms with Crippen LogP contribution in [0.1, 0.15) is 25.5 Å². The number of benzene rings is 1. The maximum absolute atomic E-state index is 13.5. The van der Waals surface area contributed by atoms with Gasteiger partial charge in [-0.05, 0) is 27.0 Å². The van der Waals surface area contributed by atoms with E-state index in [-0.39, 0.29) is 18.0 Å². The Balaban J connectivity index is 2.87. The third kappa shape index (κ3) is 3.01. The van der Waals surface area contributed by atoms with Crippen molar-refractivity contribution >= 4 is 0 Å². The van der Waals surface area contributed by atoms with Crippen LogP contribution in [0.25, 0.3) is 0 Å². The summed E-state index contributed by atoms with van der Waals surface area (Å²) in [5.74, 6) is -0.191. The van der Waals surface area contributed by atoms with E-state index in [1.807, 2.05) is 27.0 Å². The monoisotopic (exact) mass is 211 g/mol. The molecule has 0 aliphatic rings. The molecule has 0 amide bonds. The lowest BCUT2D eigenvalue weighted by atomic mass is 10.0. The van der Waals surface area contributed by atoms with Crippen molar-refractivity contribution in [3.8, 4) is 0 Å². The van der Waals surface area contributed by atoms with E-state index >= 15 is 0 Å². The number of likely N-dealkylation sites (N-methyl/N-ethyl adjacent to an activating group) is 1. The standard InChI is InChI=1S/C12H18FNO/c1-4-15-9(2)12(14-3)10-7-5-6-8-11(10)13/h5-9,12,14H,4H2,1-3H3. The Morgan fingerprint density at radius 3 is 2.60 bits per heavy atom. The molecule has 0 heterocycles. The summed E-state index contributed by atoms with van der Waals surface area (Å²) in [6.07, 6.45) is -0.0445. The first-order chi connectivity index (χ1) is 7.20. The number of nitrogens with one attached hydrogen (secondary N) is 1. The molecule has 0 spiro atoms. The van der Waals surface area contributed by atoms with Gasteiger partial charge in [0.25, 0.3) is 0 Å². The highest BCUT2D eigenvalue weighted by molar-refractivity contribution is 5.22. The van der Waals surface area contributed by atoms with Gasteiger partial charge in [0.15, 0.2) is 0 Å². The molecule has 1 rings (SSSR count). The van der Waals surface area contributed by atoms with E-state index in [0.29, 0.717) is 12.2 Å². The Morgan fingerprint density at radius 1 is 1.40 bits per heavy atom. The molecule has 2 nitrogen and oxygen atoms in total. The van der Waals surface area contributed by atoms with Crippen LogP contribution in [0.3, 0.4) is 0 Å². The van der Waals surface area contributed by atoms with Gasteiger partial charge in [-0.1, -0.05) is 18.2 Å². The molecule has 0 saturated carbocycles. The van der Waals surface area contributed by atoms with Crippen LogP contribution in [-0.4, -0.2) is 19.8 Å². The zero-order valence-corrected chi connectivity index (χ0v) is 9.46. The molecule has 2 unspecified atom stereocenters. The molecule has 2 atom stereocenters. The highest BCUT2D eigenvalue weighted by atomic mass is 19.1. The van der Waals surface area contributed by atoms with E-state index in [2.05, 4.69) is 5.32 Å². The van der Waals surface area contributed by atoms with Gasteiger partial charge in [0.05, 0.1) is 12.1 Å². The number of halogens is 1. The van der Waals surface area contributed by atoms with Crippen molar-refractivity contribution in [3.63, 3.8) is 0 Å². The summed E-state index contributed by atoms with van der Waals surface area (Å²) in [6.45, 7) is 4.51. The fourth-order valence-electron chi connectivity index (χ4n) is 1.73. The van der Waals surface area contributed by atoms with Crippen LogP contribution in [-0.2, 0) is 4.74 Å². The molecule has 1 aromatic rings. The Hall–Kier alpha value is -0.930. The first-order valence-corrected chi connectivity index (χ1v) is 5.24. The second kappa shape index (κ2) is 5.83. The molecule has 0 saturated heterocycles. The fraction of sp³-hybridized carbons (Fsp3) is 0.500.